The lowest BCUT2D eigenvalue weighted by molar-refractivity contribution is -0.146. The molecule has 0 aliphatic carbocycles. The average Bonchev–Trinajstić information content (AvgIpc) is 3.60. The number of nitrogens with zero attached hydrogens (tertiary/aromatic N) is 3. The summed E-state index contributed by atoms with van der Waals surface area (Å²) in [5.74, 6) is -1.35. The molecule has 5 N–H and O–H groups in total. The molecule has 1 fully saturated rings. The SMILES string of the molecule is CCC(C)C(C(CC(=O)N1CCCC1C(OC)C(C)C(=O)NC(CN)Cc1ccc(NC=O)cc1)OC)N(C)C(=O)CNC(=O)C(C(C)C)N(C)C. The number of anilines is 1. The highest BCUT2D eigenvalue weighted by atomic mass is 16.5. The van der Waals surface area contributed by atoms with Crippen LogP contribution in [0, 0.1) is 17.8 Å². The molecule has 1 aliphatic heterocycles. The van der Waals surface area contributed by atoms with Crippen LogP contribution >= 0.6 is 0 Å². The molecule has 294 valence electrons. The molecule has 1 aromatic carbocycles. The number of likely N-dealkylation sites (N-methyl/N-ethyl adjacent to an activating group) is 2. The van der Waals surface area contributed by atoms with Crippen LogP contribution in [-0.2, 0) is 39.9 Å². The second kappa shape index (κ2) is 21.8. The highest BCUT2D eigenvalue weighted by molar-refractivity contribution is 5.87. The van der Waals surface area contributed by atoms with Crippen LogP contribution in [-0.4, -0.2) is 136 Å². The minimum absolute atomic E-state index is 0.00107. The molecule has 2 rings (SSSR count). The van der Waals surface area contributed by atoms with Gasteiger partial charge in [0.25, 0.3) is 0 Å². The fourth-order valence-corrected chi connectivity index (χ4v) is 7.47. The van der Waals surface area contributed by atoms with Gasteiger partial charge in [-0.1, -0.05) is 53.2 Å². The van der Waals surface area contributed by atoms with Gasteiger partial charge in [0.2, 0.25) is 30.0 Å². The van der Waals surface area contributed by atoms with Gasteiger partial charge in [0.1, 0.15) is 0 Å². The van der Waals surface area contributed by atoms with E-state index < -0.39 is 24.2 Å². The lowest BCUT2D eigenvalue weighted by Crippen LogP contribution is -2.55. The Hall–Kier alpha value is -3.59. The third kappa shape index (κ3) is 12.2. The number of amides is 5. The number of likely N-dealkylation sites (tertiary alicyclic amines) is 1. The van der Waals surface area contributed by atoms with E-state index in [0.29, 0.717) is 31.5 Å². The fraction of sp³-hybridized carbons (Fsp3) is 0.711. The van der Waals surface area contributed by atoms with Gasteiger partial charge >= 0.3 is 0 Å². The number of carbonyl (C=O) groups excluding carboxylic acids is 5. The number of rotatable bonds is 22. The Morgan fingerprint density at radius 2 is 1.67 bits per heavy atom. The molecule has 14 nitrogen and oxygen atoms in total. The zero-order valence-electron chi connectivity index (χ0n) is 33.0. The van der Waals surface area contributed by atoms with Crippen molar-refractivity contribution in [3.8, 4) is 0 Å². The Balaban J connectivity index is 2.14. The summed E-state index contributed by atoms with van der Waals surface area (Å²) in [5, 5.41) is 8.47. The van der Waals surface area contributed by atoms with Crippen molar-refractivity contribution in [1.29, 1.82) is 0 Å². The maximum atomic E-state index is 14.0. The highest BCUT2D eigenvalue weighted by Gasteiger charge is 2.42. The van der Waals surface area contributed by atoms with Crippen LogP contribution in [0.2, 0.25) is 0 Å². The van der Waals surface area contributed by atoms with Crippen molar-refractivity contribution in [1.82, 2.24) is 25.3 Å². The molecule has 0 aromatic heterocycles. The van der Waals surface area contributed by atoms with Gasteiger partial charge in [0, 0.05) is 46.1 Å². The van der Waals surface area contributed by atoms with Gasteiger partial charge in [-0.3, -0.25) is 28.9 Å². The maximum absolute atomic E-state index is 14.0. The standard InChI is InChI=1S/C38H65N7O7/c1-11-25(4)35(44(8)33(48)22-40-38(50)34(24(2)3)43(6)7)31(51-9)20-32(47)45-18-12-13-30(45)36(52-10)26(5)37(49)42-29(21-39)19-27-14-16-28(17-15-27)41-23-46/h14-17,23-26,29-31,34-36H,11-13,18-22,39H2,1-10H3,(H,40,50)(H,41,46)(H,42,49). The van der Waals surface area contributed by atoms with Crippen molar-refractivity contribution >= 4 is 35.7 Å². The number of hydrogen-bond donors (Lipinski definition) is 4. The van der Waals surface area contributed by atoms with Crippen LogP contribution < -0.4 is 21.7 Å². The third-order valence-electron chi connectivity index (χ3n) is 10.5. The summed E-state index contributed by atoms with van der Waals surface area (Å²) < 4.78 is 11.9. The first-order valence-corrected chi connectivity index (χ1v) is 18.5. The van der Waals surface area contributed by atoms with Crippen LogP contribution in [0.3, 0.4) is 0 Å². The zero-order valence-corrected chi connectivity index (χ0v) is 33.0. The molecule has 1 heterocycles. The number of carbonyl (C=O) groups is 5. The molecule has 0 radical (unpaired) electrons. The average molecular weight is 732 g/mol. The van der Waals surface area contributed by atoms with Crippen molar-refractivity contribution in [3.63, 3.8) is 0 Å². The normalized spacial score (nSPS) is 18.6. The molecule has 8 atom stereocenters. The van der Waals surface area contributed by atoms with Crippen molar-refractivity contribution < 1.29 is 33.4 Å². The lowest BCUT2D eigenvalue weighted by Gasteiger charge is -2.39. The summed E-state index contributed by atoms with van der Waals surface area (Å²) in [6.45, 7) is 10.4. The Labute approximate surface area is 310 Å². The molecule has 0 saturated carbocycles. The van der Waals surface area contributed by atoms with Crippen LogP contribution in [0.4, 0.5) is 5.69 Å². The van der Waals surface area contributed by atoms with E-state index in [1.807, 2.05) is 58.8 Å². The van der Waals surface area contributed by atoms with Crippen molar-refractivity contribution in [3.05, 3.63) is 29.8 Å². The Kier molecular flexibility index (Phi) is 18.7. The quantitative estimate of drug-likeness (QED) is 0.130. The number of nitrogens with two attached hydrogens (primary N) is 1. The summed E-state index contributed by atoms with van der Waals surface area (Å²) >= 11 is 0. The predicted octanol–water partition coefficient (Wildman–Crippen LogP) is 1.86. The minimum atomic E-state index is -0.603. The summed E-state index contributed by atoms with van der Waals surface area (Å²) in [7, 11) is 8.48. The molecule has 52 heavy (non-hydrogen) atoms. The van der Waals surface area contributed by atoms with Gasteiger partial charge in [-0.05, 0) is 62.9 Å². The Morgan fingerprint density at radius 1 is 1.02 bits per heavy atom. The lowest BCUT2D eigenvalue weighted by atomic mass is 9.90. The Morgan fingerprint density at radius 3 is 2.19 bits per heavy atom. The van der Waals surface area contributed by atoms with Gasteiger partial charge in [0.05, 0.1) is 49.2 Å². The minimum Gasteiger partial charge on any atom is -0.379 e. The smallest absolute Gasteiger partial charge is 0.242 e. The van der Waals surface area contributed by atoms with E-state index >= 15 is 0 Å². The summed E-state index contributed by atoms with van der Waals surface area (Å²) in [6, 6.07) is 5.89. The summed E-state index contributed by atoms with van der Waals surface area (Å²) in [4.78, 5) is 69.9. The van der Waals surface area contributed by atoms with Crippen molar-refractivity contribution in [2.75, 3.05) is 60.3 Å². The summed E-state index contributed by atoms with van der Waals surface area (Å²) in [6.07, 6.45) is 2.19. The molecule has 0 bridgehead atoms. The highest BCUT2D eigenvalue weighted by Crippen LogP contribution is 2.29. The monoisotopic (exact) mass is 731 g/mol. The number of nitrogens with one attached hydrogen (secondary N) is 3. The second-order valence-corrected chi connectivity index (χ2v) is 14.6. The van der Waals surface area contributed by atoms with Crippen LogP contribution in [0.25, 0.3) is 0 Å². The molecular formula is C38H65N7O7. The van der Waals surface area contributed by atoms with E-state index in [-0.39, 0.29) is 73.1 Å². The first kappa shape index (κ1) is 44.6. The molecular weight excluding hydrogens is 666 g/mol. The molecule has 1 aliphatic rings. The first-order chi connectivity index (χ1) is 24.6. The molecule has 0 spiro atoms. The fourth-order valence-electron chi connectivity index (χ4n) is 7.47. The summed E-state index contributed by atoms with van der Waals surface area (Å²) in [5.41, 5.74) is 7.68. The van der Waals surface area contributed by atoms with Gasteiger partial charge in [-0.2, -0.15) is 0 Å². The van der Waals surface area contributed by atoms with E-state index in [2.05, 4.69) is 16.0 Å². The van der Waals surface area contributed by atoms with Gasteiger partial charge in [0.15, 0.2) is 0 Å². The zero-order chi connectivity index (χ0) is 39.1. The van der Waals surface area contributed by atoms with E-state index in [1.54, 1.807) is 50.1 Å². The van der Waals surface area contributed by atoms with Crippen LogP contribution in [0.15, 0.2) is 24.3 Å². The van der Waals surface area contributed by atoms with Gasteiger partial charge in [-0.15, -0.1) is 0 Å². The number of benzene rings is 1. The predicted molar refractivity (Wildman–Crippen MR) is 202 cm³/mol. The first-order valence-electron chi connectivity index (χ1n) is 18.5. The Bertz CT molecular complexity index is 1290. The van der Waals surface area contributed by atoms with E-state index in [1.165, 1.54) is 0 Å². The van der Waals surface area contributed by atoms with Gasteiger partial charge < -0.3 is 41.0 Å². The van der Waals surface area contributed by atoms with Crippen LogP contribution in [0.5, 0.6) is 0 Å². The largest absolute Gasteiger partial charge is 0.379 e. The molecule has 5 amide bonds. The number of methoxy groups -OCH3 is 2. The van der Waals surface area contributed by atoms with Gasteiger partial charge in [-0.25, -0.2) is 0 Å². The number of ether oxygens (including phenoxy) is 2. The molecule has 1 saturated heterocycles. The van der Waals surface area contributed by atoms with Crippen molar-refractivity contribution in [2.45, 2.75) is 103 Å². The maximum Gasteiger partial charge on any atom is 0.242 e. The van der Waals surface area contributed by atoms with E-state index in [9.17, 15) is 24.0 Å². The third-order valence-corrected chi connectivity index (χ3v) is 10.5. The number of hydrogen-bond acceptors (Lipinski definition) is 9. The topological polar surface area (TPSA) is 176 Å². The molecule has 8 unspecified atom stereocenters. The second-order valence-electron chi connectivity index (χ2n) is 14.6. The van der Waals surface area contributed by atoms with E-state index in [0.717, 1.165) is 18.4 Å². The van der Waals surface area contributed by atoms with Crippen molar-refractivity contribution in [2.24, 2.45) is 23.5 Å². The molecule has 1 aromatic rings. The van der Waals surface area contributed by atoms with E-state index in [4.69, 9.17) is 15.2 Å². The molecule has 14 heteroatoms. The van der Waals surface area contributed by atoms with Crippen LogP contribution in [0.1, 0.15) is 65.9 Å².